The molecule has 0 spiro atoms. The largest absolute Gasteiger partial charge is 0.497 e. The highest BCUT2D eigenvalue weighted by atomic mass is 16.5. The van der Waals surface area contributed by atoms with Crippen molar-refractivity contribution >= 4 is 0 Å². The lowest BCUT2D eigenvalue weighted by molar-refractivity contribution is 0.301. The molecule has 0 fully saturated rings. The molecule has 0 radical (unpaired) electrons. The van der Waals surface area contributed by atoms with Gasteiger partial charge in [0.25, 0.3) is 0 Å². The highest BCUT2D eigenvalue weighted by Crippen LogP contribution is 2.18. The fraction of sp³-hybridized carbons (Fsp3) is 0.636. The Kier molecular flexibility index (Phi) is 6.54. The minimum atomic E-state index is 0.735. The average Bonchev–Trinajstić information content (AvgIpc) is 2.21. The van der Waals surface area contributed by atoms with Crippen LogP contribution in [0.3, 0.4) is 0 Å². The maximum atomic E-state index is 5.06. The first-order valence-electron chi connectivity index (χ1n) is 4.79. The molecule has 70 valence electrons. The second kappa shape index (κ2) is 6.96. The molecular formula is C11H20O. The molecule has 0 bridgehead atoms. The Balaban J connectivity index is 0.000000561. The van der Waals surface area contributed by atoms with E-state index in [2.05, 4.69) is 25.2 Å². The van der Waals surface area contributed by atoms with E-state index in [1.807, 2.05) is 13.8 Å². The SMILES string of the molecule is CC.CCC1C=CC(OC)=CC1. The fourth-order valence-electron chi connectivity index (χ4n) is 1.10. The molecule has 0 aromatic rings. The van der Waals surface area contributed by atoms with E-state index in [1.54, 1.807) is 7.11 Å². The summed E-state index contributed by atoms with van der Waals surface area (Å²) < 4.78 is 5.06. The molecular weight excluding hydrogens is 148 g/mol. The summed E-state index contributed by atoms with van der Waals surface area (Å²) in [6.45, 7) is 6.21. The van der Waals surface area contributed by atoms with Crippen molar-refractivity contribution in [3.05, 3.63) is 24.0 Å². The number of hydrogen-bond donors (Lipinski definition) is 0. The van der Waals surface area contributed by atoms with Crippen LogP contribution < -0.4 is 0 Å². The fourth-order valence-corrected chi connectivity index (χ4v) is 1.10. The van der Waals surface area contributed by atoms with Crippen LogP contribution in [0.25, 0.3) is 0 Å². The standard InChI is InChI=1S/C9H14O.C2H6/c1-3-8-4-6-9(10-2)7-5-8;1-2/h4,6-8H,3,5H2,1-2H3;1-2H3. The van der Waals surface area contributed by atoms with Gasteiger partial charge < -0.3 is 4.74 Å². The molecule has 0 aliphatic heterocycles. The summed E-state index contributed by atoms with van der Waals surface area (Å²) in [7, 11) is 1.71. The van der Waals surface area contributed by atoms with Crippen molar-refractivity contribution in [3.63, 3.8) is 0 Å². The van der Waals surface area contributed by atoms with Crippen LogP contribution in [0.1, 0.15) is 33.6 Å². The van der Waals surface area contributed by atoms with Gasteiger partial charge in [-0.3, -0.25) is 0 Å². The minimum Gasteiger partial charge on any atom is -0.497 e. The monoisotopic (exact) mass is 168 g/mol. The van der Waals surface area contributed by atoms with Crippen molar-refractivity contribution in [1.29, 1.82) is 0 Å². The minimum absolute atomic E-state index is 0.735. The summed E-state index contributed by atoms with van der Waals surface area (Å²) in [5.74, 6) is 1.74. The van der Waals surface area contributed by atoms with E-state index in [-0.39, 0.29) is 0 Å². The Bertz CT molecular complexity index is 156. The van der Waals surface area contributed by atoms with Crippen LogP contribution in [0, 0.1) is 5.92 Å². The summed E-state index contributed by atoms with van der Waals surface area (Å²) >= 11 is 0. The average molecular weight is 168 g/mol. The van der Waals surface area contributed by atoms with Crippen molar-refractivity contribution < 1.29 is 4.74 Å². The summed E-state index contributed by atoms with van der Waals surface area (Å²) in [6.07, 6.45) is 8.78. The van der Waals surface area contributed by atoms with Crippen LogP contribution in [-0.2, 0) is 4.74 Å². The van der Waals surface area contributed by atoms with Gasteiger partial charge in [-0.15, -0.1) is 0 Å². The maximum Gasteiger partial charge on any atom is 0.114 e. The van der Waals surface area contributed by atoms with Gasteiger partial charge in [0.05, 0.1) is 7.11 Å². The molecule has 1 aliphatic rings. The van der Waals surface area contributed by atoms with Gasteiger partial charge in [-0.2, -0.15) is 0 Å². The van der Waals surface area contributed by atoms with Gasteiger partial charge in [-0.1, -0.05) is 26.8 Å². The molecule has 0 N–H and O–H groups in total. The zero-order chi connectivity index (χ0) is 9.40. The topological polar surface area (TPSA) is 9.23 Å². The predicted molar refractivity (Wildman–Crippen MR) is 54.0 cm³/mol. The molecule has 0 aromatic carbocycles. The Labute approximate surface area is 76.1 Å². The number of allylic oxidation sites excluding steroid dienone is 3. The van der Waals surface area contributed by atoms with E-state index in [0.717, 1.165) is 18.1 Å². The van der Waals surface area contributed by atoms with E-state index < -0.39 is 0 Å². The van der Waals surface area contributed by atoms with E-state index in [4.69, 9.17) is 4.74 Å². The Morgan fingerprint density at radius 1 is 1.50 bits per heavy atom. The van der Waals surface area contributed by atoms with Gasteiger partial charge in [-0.05, 0) is 30.9 Å². The molecule has 1 atom stereocenters. The zero-order valence-corrected chi connectivity index (χ0v) is 8.63. The van der Waals surface area contributed by atoms with Gasteiger partial charge in [0.15, 0.2) is 0 Å². The molecule has 1 nitrogen and oxygen atoms in total. The molecule has 0 heterocycles. The van der Waals surface area contributed by atoms with Crippen LogP contribution in [-0.4, -0.2) is 7.11 Å². The Morgan fingerprint density at radius 3 is 2.50 bits per heavy atom. The normalized spacial score (nSPS) is 20.7. The first kappa shape index (κ1) is 11.3. The first-order chi connectivity index (χ1) is 5.86. The molecule has 1 heteroatoms. The molecule has 0 amide bonds. The van der Waals surface area contributed by atoms with Crippen molar-refractivity contribution in [1.82, 2.24) is 0 Å². The highest BCUT2D eigenvalue weighted by Gasteiger charge is 2.05. The van der Waals surface area contributed by atoms with Crippen LogP contribution in [0.15, 0.2) is 24.0 Å². The van der Waals surface area contributed by atoms with E-state index >= 15 is 0 Å². The zero-order valence-electron chi connectivity index (χ0n) is 8.63. The maximum absolute atomic E-state index is 5.06. The van der Waals surface area contributed by atoms with Crippen molar-refractivity contribution in [3.8, 4) is 0 Å². The summed E-state index contributed by atoms with van der Waals surface area (Å²) in [4.78, 5) is 0. The third-order valence-corrected chi connectivity index (χ3v) is 1.91. The molecule has 0 aromatic heterocycles. The molecule has 0 saturated carbocycles. The number of methoxy groups -OCH3 is 1. The van der Waals surface area contributed by atoms with Crippen molar-refractivity contribution in [2.24, 2.45) is 5.92 Å². The van der Waals surface area contributed by atoms with Gasteiger partial charge in [0.1, 0.15) is 5.76 Å². The van der Waals surface area contributed by atoms with E-state index in [1.165, 1.54) is 6.42 Å². The highest BCUT2D eigenvalue weighted by molar-refractivity contribution is 5.17. The van der Waals surface area contributed by atoms with E-state index in [0.29, 0.717) is 0 Å². The first-order valence-corrected chi connectivity index (χ1v) is 4.79. The van der Waals surface area contributed by atoms with Crippen molar-refractivity contribution in [2.45, 2.75) is 33.6 Å². The smallest absolute Gasteiger partial charge is 0.114 e. The van der Waals surface area contributed by atoms with Crippen LogP contribution >= 0.6 is 0 Å². The quantitative estimate of drug-likeness (QED) is 0.613. The lowest BCUT2D eigenvalue weighted by Crippen LogP contribution is -1.98. The van der Waals surface area contributed by atoms with Crippen LogP contribution in [0.2, 0.25) is 0 Å². The van der Waals surface area contributed by atoms with Gasteiger partial charge >= 0.3 is 0 Å². The van der Waals surface area contributed by atoms with Gasteiger partial charge in [0, 0.05) is 0 Å². The second-order valence-corrected chi connectivity index (χ2v) is 2.57. The van der Waals surface area contributed by atoms with Gasteiger partial charge in [-0.25, -0.2) is 0 Å². The summed E-state index contributed by atoms with van der Waals surface area (Å²) in [5, 5.41) is 0. The summed E-state index contributed by atoms with van der Waals surface area (Å²) in [6, 6.07) is 0. The van der Waals surface area contributed by atoms with Crippen LogP contribution in [0.5, 0.6) is 0 Å². The van der Waals surface area contributed by atoms with Crippen molar-refractivity contribution in [2.75, 3.05) is 7.11 Å². The molecule has 0 saturated heterocycles. The van der Waals surface area contributed by atoms with E-state index in [9.17, 15) is 0 Å². The Morgan fingerprint density at radius 2 is 2.17 bits per heavy atom. The molecule has 12 heavy (non-hydrogen) atoms. The Hall–Kier alpha value is -0.720. The number of hydrogen-bond acceptors (Lipinski definition) is 1. The molecule has 1 unspecified atom stereocenters. The number of rotatable bonds is 2. The van der Waals surface area contributed by atoms with Gasteiger partial charge in [0.2, 0.25) is 0 Å². The lowest BCUT2D eigenvalue weighted by Gasteiger charge is -2.12. The van der Waals surface area contributed by atoms with Crippen LogP contribution in [0.4, 0.5) is 0 Å². The third-order valence-electron chi connectivity index (χ3n) is 1.91. The third kappa shape index (κ3) is 3.61. The lowest BCUT2D eigenvalue weighted by atomic mass is 9.98. The second-order valence-electron chi connectivity index (χ2n) is 2.57. The molecule has 1 rings (SSSR count). The molecule has 1 aliphatic carbocycles. The number of ether oxygens (including phenoxy) is 1. The predicted octanol–water partition coefficient (Wildman–Crippen LogP) is 3.53. The summed E-state index contributed by atoms with van der Waals surface area (Å²) in [5.41, 5.74) is 0.